The van der Waals surface area contributed by atoms with E-state index in [2.05, 4.69) is 266 Å². The van der Waals surface area contributed by atoms with E-state index in [-0.39, 0.29) is 0 Å². The van der Waals surface area contributed by atoms with Crippen LogP contribution in [0.5, 0.6) is 0 Å². The Balaban J connectivity index is 0.896. The van der Waals surface area contributed by atoms with Crippen LogP contribution in [0.3, 0.4) is 0 Å². The molecule has 0 aliphatic heterocycles. The summed E-state index contributed by atoms with van der Waals surface area (Å²) in [7, 11) is 0. The van der Waals surface area contributed by atoms with E-state index in [1.807, 2.05) is 12.1 Å². The zero-order chi connectivity index (χ0) is 46.8. The minimum Gasteiger partial charge on any atom is -0.464 e. The molecule has 7 aromatic carbocycles. The lowest BCUT2D eigenvalue weighted by atomic mass is 9.99. The topological polar surface area (TPSA) is 21.3 Å². The van der Waals surface area contributed by atoms with Gasteiger partial charge in [-0.15, -0.1) is 0 Å². The second-order valence-corrected chi connectivity index (χ2v) is 17.2. The lowest BCUT2D eigenvalue weighted by molar-refractivity contribution is 0.606. The molecule has 1 aliphatic carbocycles. The molecule has 3 nitrogen and oxygen atoms in total. The van der Waals surface area contributed by atoms with Crippen molar-refractivity contribution in [2.75, 3.05) is 4.90 Å². The van der Waals surface area contributed by atoms with Gasteiger partial charge in [0.15, 0.2) is 0 Å². The SMILES string of the molecule is C=C/C(=C\C=C\n1c2c(c3ccccc31)CCC=C2)c1cccoc2ccc(-c3ccc(-c4ccc(N(C(/C=C\Cc5ccccc5)=C/C)c5ccc(-c6ccccc6)cc5)cc4)cc3)cc2cc1. The molecular formula is C66H54N2O. The van der Waals surface area contributed by atoms with Crippen molar-refractivity contribution in [3.05, 3.63) is 284 Å². The smallest absolute Gasteiger partial charge is 0.133 e. The molecule has 1 aliphatic rings. The van der Waals surface area contributed by atoms with Crippen molar-refractivity contribution in [3.8, 4) is 33.4 Å². The Bertz CT molecular complexity index is 3450. The van der Waals surface area contributed by atoms with Crippen LogP contribution in [-0.2, 0) is 12.8 Å². The zero-order valence-electron chi connectivity index (χ0n) is 39.0. The van der Waals surface area contributed by atoms with Gasteiger partial charge in [-0.2, -0.15) is 0 Å². The first-order valence-corrected chi connectivity index (χ1v) is 23.8. The summed E-state index contributed by atoms with van der Waals surface area (Å²) in [6.07, 6.45) is 24.3. The number of fused-ring (bicyclic) bond motifs is 4. The molecule has 2 aromatic heterocycles. The van der Waals surface area contributed by atoms with E-state index in [0.717, 1.165) is 80.7 Å². The number of aryl methyl sites for hydroxylation is 1. The molecule has 0 radical (unpaired) electrons. The summed E-state index contributed by atoms with van der Waals surface area (Å²) < 4.78 is 8.44. The molecule has 0 unspecified atom stereocenters. The van der Waals surface area contributed by atoms with Gasteiger partial charge in [-0.3, -0.25) is 0 Å². The maximum atomic E-state index is 6.14. The second kappa shape index (κ2) is 20.9. The van der Waals surface area contributed by atoms with Crippen molar-refractivity contribution in [1.29, 1.82) is 0 Å². The Morgan fingerprint density at radius 1 is 0.638 bits per heavy atom. The third kappa shape index (κ3) is 9.91. The average Bonchev–Trinajstić information content (AvgIpc) is 3.78. The fourth-order valence-corrected chi connectivity index (χ4v) is 9.31. The molecule has 0 spiro atoms. The number of rotatable bonds is 13. The predicted octanol–water partition coefficient (Wildman–Crippen LogP) is 18.1. The molecule has 0 fully saturated rings. The lowest BCUT2D eigenvalue weighted by Gasteiger charge is -2.27. The minimum atomic E-state index is 0.799. The van der Waals surface area contributed by atoms with Gasteiger partial charge in [0.2, 0.25) is 0 Å². The largest absolute Gasteiger partial charge is 0.464 e. The number of para-hydroxylation sites is 1. The number of nitrogens with zero attached hydrogens (tertiary/aromatic N) is 2. The molecule has 9 aromatic rings. The second-order valence-electron chi connectivity index (χ2n) is 17.2. The number of hydrogen-bond donors (Lipinski definition) is 0. The fraction of sp³-hybridized carbons (Fsp3) is 0.0606. The van der Waals surface area contributed by atoms with Crippen LogP contribution in [-0.4, -0.2) is 4.57 Å². The first-order valence-electron chi connectivity index (χ1n) is 23.8. The first kappa shape index (κ1) is 44.2. The van der Waals surface area contributed by atoms with E-state index in [9.17, 15) is 0 Å². The van der Waals surface area contributed by atoms with E-state index < -0.39 is 0 Å². The van der Waals surface area contributed by atoms with Gasteiger partial charge in [0.05, 0.1) is 11.8 Å². The Kier molecular flexibility index (Phi) is 13.4. The van der Waals surface area contributed by atoms with Crippen LogP contribution < -0.4 is 4.90 Å². The normalized spacial score (nSPS) is 12.7. The summed E-state index contributed by atoms with van der Waals surface area (Å²) in [5, 5.41) is 2.32. The van der Waals surface area contributed by atoms with Crippen LogP contribution in [0.4, 0.5) is 11.4 Å². The van der Waals surface area contributed by atoms with E-state index in [0.29, 0.717) is 0 Å². The van der Waals surface area contributed by atoms with E-state index in [4.69, 9.17) is 4.42 Å². The van der Waals surface area contributed by atoms with Crippen molar-refractivity contribution in [2.45, 2.75) is 26.2 Å². The quantitative estimate of drug-likeness (QED) is 0.108. The Hall–Kier alpha value is -8.66. The zero-order valence-corrected chi connectivity index (χ0v) is 39.0. The molecule has 10 rings (SSSR count). The van der Waals surface area contributed by atoms with Gasteiger partial charge in [0.25, 0.3) is 0 Å². The third-order valence-corrected chi connectivity index (χ3v) is 12.9. The van der Waals surface area contributed by atoms with Crippen LogP contribution >= 0.6 is 0 Å². The highest BCUT2D eigenvalue weighted by molar-refractivity contribution is 5.91. The number of anilines is 2. The molecule has 0 atom stereocenters. The number of benzene rings is 7. The standard InChI is InChI=1S/C66H54N2O/c1-3-50(23-16-46-67-64-28-13-11-26-62(64)63-27-12-14-29-65(63)67)52-24-17-47-69-66-45-40-57(48-58(66)35-34-52)56-32-30-53(31-33-56)55-38-43-61(44-39-55)68(59(4-2)25-15-20-49-18-7-5-8-19-49)60-41-36-54(37-42-60)51-21-9-6-10-22-51/h3-11,13-19,21-26,28-48H,1,12,20,27H2,2H3/b25-15-,35-34?,46-16+,47-17?,50-23+,52-24?,59-4+. The molecular weight excluding hydrogens is 837 g/mol. The molecule has 3 heteroatoms. The summed E-state index contributed by atoms with van der Waals surface area (Å²) in [6, 6.07) is 71.1. The fourth-order valence-electron chi connectivity index (χ4n) is 9.31. The van der Waals surface area contributed by atoms with Crippen LogP contribution in [0, 0.1) is 0 Å². The van der Waals surface area contributed by atoms with Crippen molar-refractivity contribution < 1.29 is 4.42 Å². The third-order valence-electron chi connectivity index (χ3n) is 12.9. The molecule has 0 amide bonds. The molecule has 334 valence electrons. The van der Waals surface area contributed by atoms with Crippen LogP contribution in [0.15, 0.2) is 266 Å². The number of hydrogen-bond acceptors (Lipinski definition) is 2. The van der Waals surface area contributed by atoms with E-state index >= 15 is 0 Å². The lowest BCUT2D eigenvalue weighted by Crippen LogP contribution is -2.15. The van der Waals surface area contributed by atoms with Gasteiger partial charge in [-0.05, 0) is 149 Å². The molecule has 69 heavy (non-hydrogen) atoms. The minimum absolute atomic E-state index is 0.799. The summed E-state index contributed by atoms with van der Waals surface area (Å²) >= 11 is 0. The highest BCUT2D eigenvalue weighted by atomic mass is 16.3. The van der Waals surface area contributed by atoms with Gasteiger partial charge >= 0.3 is 0 Å². The molecule has 0 saturated heterocycles. The molecule has 0 bridgehead atoms. The van der Waals surface area contributed by atoms with Gasteiger partial charge in [0.1, 0.15) is 5.58 Å². The van der Waals surface area contributed by atoms with Crippen molar-refractivity contribution >= 4 is 51.1 Å². The summed E-state index contributed by atoms with van der Waals surface area (Å²) in [4.78, 5) is 2.33. The molecule has 0 saturated carbocycles. The predicted molar refractivity (Wildman–Crippen MR) is 295 cm³/mol. The highest BCUT2D eigenvalue weighted by Gasteiger charge is 2.16. The Morgan fingerprint density at radius 3 is 1.96 bits per heavy atom. The van der Waals surface area contributed by atoms with E-state index in [1.165, 1.54) is 38.9 Å². The van der Waals surface area contributed by atoms with Crippen molar-refractivity contribution in [1.82, 2.24) is 4.57 Å². The summed E-state index contributed by atoms with van der Waals surface area (Å²) in [5.41, 5.74) is 18.3. The van der Waals surface area contributed by atoms with Crippen molar-refractivity contribution in [2.24, 2.45) is 0 Å². The first-order chi connectivity index (χ1) is 34.1. The van der Waals surface area contributed by atoms with Crippen LogP contribution in [0.2, 0.25) is 0 Å². The monoisotopic (exact) mass is 890 g/mol. The van der Waals surface area contributed by atoms with Gasteiger partial charge < -0.3 is 13.9 Å². The maximum absolute atomic E-state index is 6.14. The summed E-state index contributed by atoms with van der Waals surface area (Å²) in [6.45, 7) is 6.29. The molecule has 0 N–H and O–H groups in total. The van der Waals surface area contributed by atoms with E-state index in [1.54, 1.807) is 6.26 Å². The van der Waals surface area contributed by atoms with Gasteiger partial charge in [0, 0.05) is 39.7 Å². The van der Waals surface area contributed by atoms with Crippen LogP contribution in [0.25, 0.3) is 73.1 Å². The number of allylic oxidation sites excluding steroid dienone is 8. The maximum Gasteiger partial charge on any atom is 0.133 e. The van der Waals surface area contributed by atoms with Crippen LogP contribution in [0.1, 0.15) is 35.7 Å². The highest BCUT2D eigenvalue weighted by Crippen LogP contribution is 2.36. The molecule has 2 heterocycles. The summed E-state index contributed by atoms with van der Waals surface area (Å²) in [5.74, 6) is 0. The Labute approximate surface area is 406 Å². The average molecular weight is 891 g/mol. The van der Waals surface area contributed by atoms with Gasteiger partial charge in [-0.25, -0.2) is 0 Å². The van der Waals surface area contributed by atoms with Crippen molar-refractivity contribution in [3.63, 3.8) is 0 Å². The Morgan fingerprint density at radius 2 is 1.26 bits per heavy atom. The number of aromatic nitrogens is 1. The van der Waals surface area contributed by atoms with Gasteiger partial charge in [-0.1, -0.05) is 189 Å².